The number of halogens is 1. The quantitative estimate of drug-likeness (QED) is 0.400. The van der Waals surface area contributed by atoms with Gasteiger partial charge in [0.25, 0.3) is 0 Å². The summed E-state index contributed by atoms with van der Waals surface area (Å²) in [5, 5.41) is 9.64. The molecule has 0 aliphatic rings. The van der Waals surface area contributed by atoms with Crippen molar-refractivity contribution in [2.24, 2.45) is 0 Å². The van der Waals surface area contributed by atoms with Crippen LogP contribution in [0.5, 0.6) is 0 Å². The molecule has 0 radical (unpaired) electrons. The Balaban J connectivity index is 1.80. The molecule has 0 aliphatic heterocycles. The first-order chi connectivity index (χ1) is 13.0. The van der Waals surface area contributed by atoms with E-state index in [1.807, 2.05) is 24.3 Å². The van der Waals surface area contributed by atoms with Gasteiger partial charge in [-0.15, -0.1) is 16.8 Å². The summed E-state index contributed by atoms with van der Waals surface area (Å²) in [6.45, 7) is 4.19. The highest BCUT2D eigenvalue weighted by Gasteiger charge is 2.21. The van der Waals surface area contributed by atoms with Gasteiger partial charge in [0.05, 0.1) is 4.90 Å². The normalized spacial score (nSPS) is 11.4. The topological polar surface area (TPSA) is 64.8 Å². The minimum absolute atomic E-state index is 0.209. The maximum absolute atomic E-state index is 12.7. The molecular weight excluding hydrogens is 402 g/mol. The van der Waals surface area contributed by atoms with Gasteiger partial charge in [0.1, 0.15) is 11.6 Å². The van der Waals surface area contributed by atoms with Crippen molar-refractivity contribution in [2.45, 2.75) is 28.1 Å². The van der Waals surface area contributed by atoms with Gasteiger partial charge in [-0.3, -0.25) is 0 Å². The van der Waals surface area contributed by atoms with Crippen molar-refractivity contribution >= 4 is 33.2 Å². The Morgan fingerprint density at radius 1 is 1.07 bits per heavy atom. The first kappa shape index (κ1) is 19.7. The lowest BCUT2D eigenvalue weighted by atomic mass is 10.2. The second-order valence-electron chi connectivity index (χ2n) is 5.79. The van der Waals surface area contributed by atoms with E-state index >= 15 is 0 Å². The highest BCUT2D eigenvalue weighted by Crippen LogP contribution is 2.24. The van der Waals surface area contributed by atoms with Crippen LogP contribution in [0, 0.1) is 0 Å². The number of nitrogens with zero attached hydrogens (tertiary/aromatic N) is 3. The maximum atomic E-state index is 12.7. The molecule has 1 aromatic heterocycles. The van der Waals surface area contributed by atoms with E-state index in [9.17, 15) is 8.42 Å². The fourth-order valence-corrected chi connectivity index (χ4v) is 4.80. The summed E-state index contributed by atoms with van der Waals surface area (Å²) < 4.78 is 27.1. The summed E-state index contributed by atoms with van der Waals surface area (Å²) in [5.74, 6) is 0.870. The molecule has 0 amide bonds. The van der Waals surface area contributed by atoms with E-state index in [1.165, 1.54) is 11.8 Å². The average Bonchev–Trinajstić information content (AvgIpc) is 3.03. The number of aromatic nitrogens is 3. The number of hydrogen-bond donors (Lipinski definition) is 0. The molecule has 0 saturated heterocycles. The molecule has 2 aromatic carbocycles. The molecule has 0 bridgehead atoms. The van der Waals surface area contributed by atoms with Crippen LogP contribution >= 0.6 is 23.4 Å². The Hall–Kier alpha value is -2.09. The third kappa shape index (κ3) is 5.00. The van der Waals surface area contributed by atoms with Crippen molar-refractivity contribution in [3.05, 3.63) is 83.7 Å². The Morgan fingerprint density at radius 2 is 1.78 bits per heavy atom. The Bertz CT molecular complexity index is 1020. The van der Waals surface area contributed by atoms with Gasteiger partial charge in [-0.25, -0.2) is 8.42 Å². The average molecular weight is 420 g/mol. The van der Waals surface area contributed by atoms with E-state index in [0.717, 1.165) is 5.56 Å². The van der Waals surface area contributed by atoms with Crippen molar-refractivity contribution in [2.75, 3.05) is 0 Å². The van der Waals surface area contributed by atoms with Gasteiger partial charge in [-0.1, -0.05) is 59.8 Å². The molecule has 27 heavy (non-hydrogen) atoms. The van der Waals surface area contributed by atoms with Gasteiger partial charge >= 0.3 is 0 Å². The molecule has 0 atom stereocenters. The molecule has 5 nitrogen and oxygen atoms in total. The molecule has 140 valence electrons. The highest BCUT2D eigenvalue weighted by atomic mass is 35.5. The van der Waals surface area contributed by atoms with Gasteiger partial charge < -0.3 is 4.57 Å². The predicted molar refractivity (Wildman–Crippen MR) is 109 cm³/mol. The molecule has 1 heterocycles. The molecule has 0 unspecified atom stereocenters. The van der Waals surface area contributed by atoms with Crippen LogP contribution in [0.4, 0.5) is 0 Å². The molecule has 3 aromatic rings. The van der Waals surface area contributed by atoms with Gasteiger partial charge in [-0.05, 0) is 29.8 Å². The molecule has 3 rings (SSSR count). The van der Waals surface area contributed by atoms with Crippen LogP contribution in [-0.2, 0) is 27.9 Å². The van der Waals surface area contributed by atoms with Gasteiger partial charge in [0.2, 0.25) is 0 Å². The lowest BCUT2D eigenvalue weighted by Gasteiger charge is -2.08. The number of sulfone groups is 1. The van der Waals surface area contributed by atoms with Crippen molar-refractivity contribution in [1.82, 2.24) is 14.8 Å². The Kier molecular flexibility index (Phi) is 6.36. The molecular formula is C19H18ClN3O2S2. The smallest absolute Gasteiger partial charge is 0.191 e. The van der Waals surface area contributed by atoms with Crippen LogP contribution < -0.4 is 0 Å². The second-order valence-corrected chi connectivity index (χ2v) is 9.15. The fourth-order valence-electron chi connectivity index (χ4n) is 2.45. The van der Waals surface area contributed by atoms with Gasteiger partial charge in [-0.2, -0.15) is 0 Å². The third-order valence-electron chi connectivity index (χ3n) is 3.81. The summed E-state index contributed by atoms with van der Waals surface area (Å²) in [6, 6.07) is 15.9. The minimum Gasteiger partial charge on any atom is -0.301 e. The highest BCUT2D eigenvalue weighted by molar-refractivity contribution is 7.98. The van der Waals surface area contributed by atoms with Crippen LogP contribution in [-0.4, -0.2) is 23.2 Å². The number of rotatable bonds is 8. The number of thioether (sulfide) groups is 1. The van der Waals surface area contributed by atoms with E-state index in [0.29, 0.717) is 28.3 Å². The predicted octanol–water partition coefficient (Wildman–Crippen LogP) is 4.38. The summed E-state index contributed by atoms with van der Waals surface area (Å²) in [5.41, 5.74) is 1.09. The zero-order chi connectivity index (χ0) is 19.3. The standard InChI is InChI=1S/C19H18ClN3O2S2/c1-2-12-23-18(14-27(24,25)17-6-4-3-5-7-17)21-22-19(23)26-13-15-8-10-16(20)11-9-15/h2-11H,1,12-14H2. The van der Waals surface area contributed by atoms with E-state index in [1.54, 1.807) is 41.0 Å². The summed E-state index contributed by atoms with van der Waals surface area (Å²) in [6.07, 6.45) is 1.70. The molecule has 0 N–H and O–H groups in total. The monoisotopic (exact) mass is 419 g/mol. The van der Waals surface area contributed by atoms with Gasteiger partial charge in [0.15, 0.2) is 15.0 Å². The largest absolute Gasteiger partial charge is 0.301 e. The fraction of sp³-hybridized carbons (Fsp3) is 0.158. The Labute approximate surface area is 168 Å². The lowest BCUT2D eigenvalue weighted by molar-refractivity contribution is 0.590. The molecule has 0 saturated carbocycles. The zero-order valence-electron chi connectivity index (χ0n) is 14.5. The second kappa shape index (κ2) is 8.73. The van der Waals surface area contributed by atoms with Crippen LogP contribution in [0.25, 0.3) is 0 Å². The van der Waals surface area contributed by atoms with Crippen LogP contribution in [0.1, 0.15) is 11.4 Å². The number of benzene rings is 2. The van der Waals surface area contributed by atoms with E-state index in [4.69, 9.17) is 11.6 Å². The summed E-state index contributed by atoms with van der Waals surface area (Å²) >= 11 is 7.40. The molecule has 8 heteroatoms. The lowest BCUT2D eigenvalue weighted by Crippen LogP contribution is -2.11. The SMILES string of the molecule is C=CCn1c(CS(=O)(=O)c2ccccc2)nnc1SCc1ccc(Cl)cc1. The summed E-state index contributed by atoms with van der Waals surface area (Å²) in [7, 11) is -3.49. The first-order valence-electron chi connectivity index (χ1n) is 8.17. The van der Waals surface area contributed by atoms with E-state index in [-0.39, 0.29) is 10.6 Å². The Morgan fingerprint density at radius 3 is 2.44 bits per heavy atom. The van der Waals surface area contributed by atoms with Gasteiger partial charge in [0, 0.05) is 17.3 Å². The first-order valence-corrected chi connectivity index (χ1v) is 11.2. The van der Waals surface area contributed by atoms with Crippen molar-refractivity contribution in [3.8, 4) is 0 Å². The van der Waals surface area contributed by atoms with Crippen LogP contribution in [0.15, 0.2) is 77.3 Å². The van der Waals surface area contributed by atoms with E-state index in [2.05, 4.69) is 16.8 Å². The van der Waals surface area contributed by atoms with Crippen LogP contribution in [0.3, 0.4) is 0 Å². The molecule has 0 aliphatic carbocycles. The van der Waals surface area contributed by atoms with Crippen molar-refractivity contribution in [1.29, 1.82) is 0 Å². The van der Waals surface area contributed by atoms with E-state index < -0.39 is 9.84 Å². The number of hydrogen-bond acceptors (Lipinski definition) is 5. The summed E-state index contributed by atoms with van der Waals surface area (Å²) in [4.78, 5) is 0.272. The van der Waals surface area contributed by atoms with Crippen molar-refractivity contribution < 1.29 is 8.42 Å². The third-order valence-corrected chi connectivity index (χ3v) is 6.73. The maximum Gasteiger partial charge on any atom is 0.191 e. The van der Waals surface area contributed by atoms with Crippen LogP contribution in [0.2, 0.25) is 5.02 Å². The minimum atomic E-state index is -3.49. The van der Waals surface area contributed by atoms with Crippen molar-refractivity contribution in [3.63, 3.8) is 0 Å². The molecule has 0 fully saturated rings. The zero-order valence-corrected chi connectivity index (χ0v) is 16.8. The molecule has 0 spiro atoms. The number of allylic oxidation sites excluding steroid dienone is 1.